The number of nitrogens with zero attached hydrogens (tertiary/aromatic N) is 2. The fourth-order valence-corrected chi connectivity index (χ4v) is 2.56. The summed E-state index contributed by atoms with van der Waals surface area (Å²) in [6, 6.07) is 0.0971. The summed E-state index contributed by atoms with van der Waals surface area (Å²) in [5.41, 5.74) is 1.04. The summed E-state index contributed by atoms with van der Waals surface area (Å²) < 4.78 is 7.82. The maximum Gasteiger partial charge on any atom is 0.0835 e. The molecule has 0 aliphatic carbocycles. The van der Waals surface area contributed by atoms with Crippen molar-refractivity contribution in [1.82, 2.24) is 15.1 Å². The van der Waals surface area contributed by atoms with Crippen LogP contribution < -0.4 is 5.32 Å². The predicted molar refractivity (Wildman–Crippen MR) is 79.7 cm³/mol. The van der Waals surface area contributed by atoms with E-state index in [4.69, 9.17) is 16.3 Å². The highest BCUT2D eigenvalue weighted by Crippen LogP contribution is 2.28. The van der Waals surface area contributed by atoms with Crippen molar-refractivity contribution in [3.8, 4) is 0 Å². The van der Waals surface area contributed by atoms with Crippen molar-refractivity contribution in [3.63, 3.8) is 0 Å². The standard InChI is InChI=1S/C14H26ClN3O/c1-5-9-16-13(12(6-2)19-8-4)14-11(15)10-17-18(14)7-3/h10,12-13,16H,5-9H2,1-4H3. The summed E-state index contributed by atoms with van der Waals surface area (Å²) in [7, 11) is 0. The first kappa shape index (κ1) is 16.5. The van der Waals surface area contributed by atoms with Gasteiger partial charge < -0.3 is 10.1 Å². The van der Waals surface area contributed by atoms with Crippen molar-refractivity contribution in [1.29, 1.82) is 0 Å². The summed E-state index contributed by atoms with van der Waals surface area (Å²) >= 11 is 6.32. The van der Waals surface area contributed by atoms with E-state index in [2.05, 4.69) is 31.2 Å². The fourth-order valence-electron chi connectivity index (χ4n) is 2.30. The molecule has 1 aromatic heterocycles. The molecule has 19 heavy (non-hydrogen) atoms. The summed E-state index contributed by atoms with van der Waals surface area (Å²) in [4.78, 5) is 0. The first-order chi connectivity index (χ1) is 9.19. The predicted octanol–water partition coefficient (Wildman–Crippen LogP) is 3.41. The molecule has 1 rings (SSSR count). The lowest BCUT2D eigenvalue weighted by Crippen LogP contribution is -2.36. The fraction of sp³-hybridized carbons (Fsp3) is 0.786. The molecule has 0 fully saturated rings. The van der Waals surface area contributed by atoms with Crippen molar-refractivity contribution < 1.29 is 4.74 Å². The lowest BCUT2D eigenvalue weighted by Gasteiger charge is -2.28. The largest absolute Gasteiger partial charge is 0.376 e. The van der Waals surface area contributed by atoms with E-state index in [9.17, 15) is 0 Å². The van der Waals surface area contributed by atoms with Gasteiger partial charge in [0.1, 0.15) is 0 Å². The van der Waals surface area contributed by atoms with Crippen molar-refractivity contribution in [2.24, 2.45) is 0 Å². The van der Waals surface area contributed by atoms with E-state index in [1.54, 1.807) is 6.20 Å². The Morgan fingerprint density at radius 2 is 2.11 bits per heavy atom. The van der Waals surface area contributed by atoms with Crippen molar-refractivity contribution in [2.75, 3.05) is 13.2 Å². The molecule has 1 N–H and O–H groups in total. The van der Waals surface area contributed by atoms with E-state index < -0.39 is 0 Å². The quantitative estimate of drug-likeness (QED) is 0.756. The SMILES string of the molecule is CCCNC(c1c(Cl)cnn1CC)C(CC)OCC. The lowest BCUT2D eigenvalue weighted by atomic mass is 10.0. The number of halogens is 1. The Bertz CT molecular complexity index is 368. The number of rotatable bonds is 9. The van der Waals surface area contributed by atoms with Gasteiger partial charge in [0.05, 0.1) is 29.1 Å². The van der Waals surface area contributed by atoms with Crippen LogP contribution in [0.2, 0.25) is 5.02 Å². The van der Waals surface area contributed by atoms with Crippen LogP contribution in [-0.4, -0.2) is 29.0 Å². The van der Waals surface area contributed by atoms with Gasteiger partial charge in [0.2, 0.25) is 0 Å². The van der Waals surface area contributed by atoms with Crippen LogP contribution in [-0.2, 0) is 11.3 Å². The zero-order valence-corrected chi connectivity index (χ0v) is 13.2. The second-order valence-corrected chi connectivity index (χ2v) is 4.93. The Balaban J connectivity index is 3.03. The molecule has 0 spiro atoms. The van der Waals surface area contributed by atoms with E-state index in [-0.39, 0.29) is 12.1 Å². The van der Waals surface area contributed by atoms with E-state index in [1.165, 1.54) is 0 Å². The minimum Gasteiger partial charge on any atom is -0.376 e. The normalized spacial score (nSPS) is 14.6. The molecule has 0 aliphatic heterocycles. The molecule has 0 aliphatic rings. The molecule has 4 nitrogen and oxygen atoms in total. The van der Waals surface area contributed by atoms with E-state index >= 15 is 0 Å². The molecule has 0 aromatic carbocycles. The number of hydrogen-bond acceptors (Lipinski definition) is 3. The minimum absolute atomic E-state index is 0.0971. The second kappa shape index (κ2) is 8.56. The van der Waals surface area contributed by atoms with Gasteiger partial charge in [-0.05, 0) is 33.2 Å². The third kappa shape index (κ3) is 4.20. The van der Waals surface area contributed by atoms with Crippen LogP contribution in [0.25, 0.3) is 0 Å². The Labute approximate surface area is 121 Å². The molecule has 2 atom stereocenters. The molecule has 0 amide bonds. The van der Waals surface area contributed by atoms with Crippen LogP contribution >= 0.6 is 11.6 Å². The van der Waals surface area contributed by atoms with Crippen LogP contribution in [0.1, 0.15) is 52.3 Å². The van der Waals surface area contributed by atoms with Gasteiger partial charge in [0, 0.05) is 13.2 Å². The van der Waals surface area contributed by atoms with Gasteiger partial charge in [-0.25, -0.2) is 0 Å². The van der Waals surface area contributed by atoms with Crippen LogP contribution in [0.4, 0.5) is 0 Å². The minimum atomic E-state index is 0.0971. The summed E-state index contributed by atoms with van der Waals surface area (Å²) in [6.45, 7) is 10.9. The Morgan fingerprint density at radius 1 is 1.37 bits per heavy atom. The van der Waals surface area contributed by atoms with Crippen LogP contribution in [0.5, 0.6) is 0 Å². The average molecular weight is 288 g/mol. The Morgan fingerprint density at radius 3 is 2.63 bits per heavy atom. The molecule has 110 valence electrons. The van der Waals surface area contributed by atoms with Crippen LogP contribution in [0.15, 0.2) is 6.20 Å². The topological polar surface area (TPSA) is 39.1 Å². The van der Waals surface area contributed by atoms with Crippen molar-refractivity contribution in [2.45, 2.75) is 59.2 Å². The number of ether oxygens (including phenoxy) is 1. The Hall–Kier alpha value is -0.580. The molecule has 0 saturated carbocycles. The highest BCUT2D eigenvalue weighted by molar-refractivity contribution is 6.31. The first-order valence-corrected chi connectivity index (χ1v) is 7.63. The third-order valence-electron chi connectivity index (χ3n) is 3.20. The monoisotopic (exact) mass is 287 g/mol. The van der Waals surface area contributed by atoms with E-state index in [1.807, 2.05) is 11.6 Å². The smallest absolute Gasteiger partial charge is 0.0835 e. The highest BCUT2D eigenvalue weighted by atomic mass is 35.5. The van der Waals surface area contributed by atoms with Gasteiger partial charge in [0.15, 0.2) is 0 Å². The second-order valence-electron chi connectivity index (χ2n) is 4.53. The van der Waals surface area contributed by atoms with Crippen LogP contribution in [0, 0.1) is 0 Å². The number of nitrogens with one attached hydrogen (secondary N) is 1. The average Bonchev–Trinajstić information content (AvgIpc) is 2.79. The summed E-state index contributed by atoms with van der Waals surface area (Å²) in [5.74, 6) is 0. The molecular weight excluding hydrogens is 262 g/mol. The molecule has 1 heterocycles. The van der Waals surface area contributed by atoms with Gasteiger partial charge >= 0.3 is 0 Å². The van der Waals surface area contributed by atoms with Crippen molar-refractivity contribution >= 4 is 11.6 Å². The maximum absolute atomic E-state index is 6.32. The molecule has 5 heteroatoms. The van der Waals surface area contributed by atoms with Gasteiger partial charge in [-0.1, -0.05) is 25.4 Å². The molecule has 0 saturated heterocycles. The lowest BCUT2D eigenvalue weighted by molar-refractivity contribution is 0.0292. The molecule has 1 aromatic rings. The zero-order chi connectivity index (χ0) is 14.3. The van der Waals surface area contributed by atoms with Gasteiger partial charge in [0.25, 0.3) is 0 Å². The van der Waals surface area contributed by atoms with Crippen molar-refractivity contribution in [3.05, 3.63) is 16.9 Å². The molecule has 0 radical (unpaired) electrons. The summed E-state index contributed by atoms with van der Waals surface area (Å²) in [5, 5.41) is 8.60. The van der Waals surface area contributed by atoms with Crippen LogP contribution in [0.3, 0.4) is 0 Å². The van der Waals surface area contributed by atoms with Gasteiger partial charge in [-0.2, -0.15) is 5.10 Å². The Kier molecular flexibility index (Phi) is 7.42. The number of hydrogen-bond donors (Lipinski definition) is 1. The third-order valence-corrected chi connectivity index (χ3v) is 3.49. The maximum atomic E-state index is 6.32. The zero-order valence-electron chi connectivity index (χ0n) is 12.4. The van der Waals surface area contributed by atoms with E-state index in [0.717, 1.165) is 31.6 Å². The highest BCUT2D eigenvalue weighted by Gasteiger charge is 2.27. The molecular formula is C14H26ClN3O. The van der Waals surface area contributed by atoms with Gasteiger partial charge in [-0.15, -0.1) is 0 Å². The summed E-state index contributed by atoms with van der Waals surface area (Å²) in [6.07, 6.45) is 3.87. The number of aromatic nitrogens is 2. The molecule has 2 unspecified atom stereocenters. The molecule has 0 bridgehead atoms. The van der Waals surface area contributed by atoms with E-state index in [0.29, 0.717) is 11.6 Å². The number of aryl methyl sites for hydroxylation is 1. The first-order valence-electron chi connectivity index (χ1n) is 7.25. The van der Waals surface area contributed by atoms with Gasteiger partial charge in [-0.3, -0.25) is 4.68 Å².